The zero-order valence-electron chi connectivity index (χ0n) is 12.1. The van der Waals surface area contributed by atoms with Crippen molar-refractivity contribution in [2.24, 2.45) is 0 Å². The fourth-order valence-electron chi connectivity index (χ4n) is 1.58. The molecule has 0 radical (unpaired) electrons. The van der Waals surface area contributed by atoms with Crippen molar-refractivity contribution in [2.75, 3.05) is 19.8 Å². The van der Waals surface area contributed by atoms with E-state index in [2.05, 4.69) is 5.32 Å². The summed E-state index contributed by atoms with van der Waals surface area (Å²) in [5.41, 5.74) is 0. The van der Waals surface area contributed by atoms with E-state index in [1.807, 2.05) is 20.1 Å². The Morgan fingerprint density at radius 3 is 2.30 bits per heavy atom. The van der Waals surface area contributed by atoms with Gasteiger partial charge in [-0.05, 0) is 44.4 Å². The van der Waals surface area contributed by atoms with E-state index in [4.69, 9.17) is 0 Å². The second-order valence-corrected chi connectivity index (χ2v) is 7.58. The summed E-state index contributed by atoms with van der Waals surface area (Å²) in [7, 11) is -2.23. The highest BCUT2D eigenvalue weighted by molar-refractivity contribution is 7.98. The van der Waals surface area contributed by atoms with Crippen LogP contribution in [0.3, 0.4) is 0 Å². The molecule has 1 aromatic carbocycles. The number of sulfonamides is 1. The van der Waals surface area contributed by atoms with E-state index in [1.165, 1.54) is 7.05 Å². The van der Waals surface area contributed by atoms with E-state index in [0.717, 1.165) is 9.20 Å². The van der Waals surface area contributed by atoms with Crippen LogP contribution in [0.15, 0.2) is 34.1 Å². The van der Waals surface area contributed by atoms with Crippen LogP contribution in [0.1, 0.15) is 13.8 Å². The summed E-state index contributed by atoms with van der Waals surface area (Å²) < 4.78 is 25.6. The van der Waals surface area contributed by atoms with Gasteiger partial charge in [0.1, 0.15) is 0 Å². The van der Waals surface area contributed by atoms with Crippen molar-refractivity contribution >= 4 is 27.7 Å². The molecule has 1 rings (SSSR count). The third-order valence-electron chi connectivity index (χ3n) is 2.58. The Bertz CT molecular complexity index is 553. The van der Waals surface area contributed by atoms with Crippen LogP contribution in [0, 0.1) is 0 Å². The van der Waals surface area contributed by atoms with Gasteiger partial charge in [0.15, 0.2) is 0 Å². The van der Waals surface area contributed by atoms with E-state index >= 15 is 0 Å². The Hall–Kier alpha value is -1.05. The average molecular weight is 316 g/mol. The first-order valence-electron chi connectivity index (χ1n) is 6.17. The molecular weight excluding hydrogens is 296 g/mol. The first-order chi connectivity index (χ1) is 9.27. The van der Waals surface area contributed by atoms with Gasteiger partial charge in [-0.25, -0.2) is 8.42 Å². The number of nitrogens with zero attached hydrogens (tertiary/aromatic N) is 1. The molecule has 0 aliphatic rings. The number of hydrogen-bond acceptors (Lipinski definition) is 4. The van der Waals surface area contributed by atoms with Crippen molar-refractivity contribution in [3.8, 4) is 0 Å². The van der Waals surface area contributed by atoms with Gasteiger partial charge in [-0.3, -0.25) is 4.79 Å². The van der Waals surface area contributed by atoms with Gasteiger partial charge in [0.25, 0.3) is 0 Å². The Kier molecular flexibility index (Phi) is 6.04. The normalized spacial score (nSPS) is 11.9. The number of thioether (sulfide) groups is 1. The predicted octanol–water partition coefficient (Wildman–Crippen LogP) is 1.55. The van der Waals surface area contributed by atoms with Gasteiger partial charge < -0.3 is 5.32 Å². The monoisotopic (exact) mass is 316 g/mol. The van der Waals surface area contributed by atoms with Crippen molar-refractivity contribution < 1.29 is 13.2 Å². The maximum atomic E-state index is 12.3. The minimum absolute atomic E-state index is 0.0144. The van der Waals surface area contributed by atoms with Crippen LogP contribution in [-0.4, -0.2) is 44.5 Å². The fraction of sp³-hybridized carbons (Fsp3) is 0.462. The van der Waals surface area contributed by atoms with E-state index in [-0.39, 0.29) is 23.4 Å². The van der Waals surface area contributed by atoms with Crippen LogP contribution in [-0.2, 0) is 14.8 Å². The zero-order chi connectivity index (χ0) is 15.3. The van der Waals surface area contributed by atoms with Gasteiger partial charge in [-0.1, -0.05) is 0 Å². The molecule has 0 unspecified atom stereocenters. The SMILES string of the molecule is CSc1ccc(S(=O)(=O)N(C)CC(=O)NC(C)C)cc1. The quantitative estimate of drug-likeness (QED) is 0.809. The Balaban J connectivity index is 2.83. The maximum absolute atomic E-state index is 12.3. The van der Waals surface area contributed by atoms with Crippen LogP contribution in [0.4, 0.5) is 0 Å². The van der Waals surface area contributed by atoms with Gasteiger partial charge in [0.05, 0.1) is 11.4 Å². The lowest BCUT2D eigenvalue weighted by molar-refractivity contribution is -0.121. The van der Waals surface area contributed by atoms with Crippen molar-refractivity contribution in [3.63, 3.8) is 0 Å². The molecule has 5 nitrogen and oxygen atoms in total. The van der Waals surface area contributed by atoms with E-state index < -0.39 is 10.0 Å². The molecule has 0 atom stereocenters. The van der Waals surface area contributed by atoms with Gasteiger partial charge in [0, 0.05) is 18.0 Å². The number of amides is 1. The summed E-state index contributed by atoms with van der Waals surface area (Å²) in [6.45, 7) is 3.46. The number of benzene rings is 1. The molecule has 1 aromatic rings. The van der Waals surface area contributed by atoms with Crippen LogP contribution in [0.2, 0.25) is 0 Å². The molecule has 0 aliphatic carbocycles. The smallest absolute Gasteiger partial charge is 0.243 e. The van der Waals surface area contributed by atoms with Crippen LogP contribution < -0.4 is 5.32 Å². The molecule has 1 amide bonds. The minimum atomic E-state index is -3.63. The summed E-state index contributed by atoms with van der Waals surface area (Å²) in [5, 5.41) is 2.67. The number of carbonyl (C=O) groups excluding carboxylic acids is 1. The largest absolute Gasteiger partial charge is 0.353 e. The van der Waals surface area contributed by atoms with Crippen molar-refractivity contribution in [1.82, 2.24) is 9.62 Å². The second-order valence-electron chi connectivity index (χ2n) is 4.66. The number of rotatable bonds is 6. The fourth-order valence-corrected chi connectivity index (χ4v) is 3.12. The Labute approximate surface area is 124 Å². The first kappa shape index (κ1) is 17.0. The molecule has 0 saturated heterocycles. The van der Waals surface area contributed by atoms with Gasteiger partial charge in [0.2, 0.25) is 15.9 Å². The maximum Gasteiger partial charge on any atom is 0.243 e. The van der Waals surface area contributed by atoms with Crippen molar-refractivity contribution in [2.45, 2.75) is 29.7 Å². The van der Waals surface area contributed by atoms with Gasteiger partial charge in [-0.15, -0.1) is 11.8 Å². The number of carbonyl (C=O) groups is 1. The zero-order valence-corrected chi connectivity index (χ0v) is 13.7. The summed E-state index contributed by atoms with van der Waals surface area (Å²) in [5.74, 6) is -0.313. The number of likely N-dealkylation sites (N-methyl/N-ethyl adjacent to an activating group) is 1. The number of nitrogens with one attached hydrogen (secondary N) is 1. The highest BCUT2D eigenvalue weighted by Gasteiger charge is 2.22. The predicted molar refractivity (Wildman–Crippen MR) is 81.3 cm³/mol. The standard InChI is InChI=1S/C13H20N2O3S2/c1-10(2)14-13(16)9-15(3)20(17,18)12-7-5-11(19-4)6-8-12/h5-8,10H,9H2,1-4H3,(H,14,16). The topological polar surface area (TPSA) is 66.5 Å². The van der Waals surface area contributed by atoms with Crippen LogP contribution in [0.25, 0.3) is 0 Å². The average Bonchev–Trinajstić information content (AvgIpc) is 2.37. The Morgan fingerprint density at radius 2 is 1.85 bits per heavy atom. The Morgan fingerprint density at radius 1 is 1.30 bits per heavy atom. The van der Waals surface area contributed by atoms with E-state index in [1.54, 1.807) is 36.0 Å². The third-order valence-corrected chi connectivity index (χ3v) is 5.14. The number of hydrogen-bond donors (Lipinski definition) is 1. The molecule has 112 valence electrons. The van der Waals surface area contributed by atoms with Gasteiger partial charge in [-0.2, -0.15) is 4.31 Å². The summed E-state index contributed by atoms with van der Waals surface area (Å²) in [6.07, 6.45) is 1.92. The molecule has 7 heteroatoms. The van der Waals surface area contributed by atoms with Crippen LogP contribution >= 0.6 is 11.8 Å². The first-order valence-corrected chi connectivity index (χ1v) is 8.83. The van der Waals surface area contributed by atoms with Gasteiger partial charge >= 0.3 is 0 Å². The molecule has 0 bridgehead atoms. The highest BCUT2D eigenvalue weighted by atomic mass is 32.2. The minimum Gasteiger partial charge on any atom is -0.353 e. The lowest BCUT2D eigenvalue weighted by Crippen LogP contribution is -2.40. The summed E-state index contributed by atoms with van der Waals surface area (Å²) in [4.78, 5) is 12.8. The molecule has 0 spiro atoms. The molecule has 1 N–H and O–H groups in total. The molecular formula is C13H20N2O3S2. The summed E-state index contributed by atoms with van der Waals surface area (Å²) in [6, 6.07) is 6.59. The molecule has 0 aromatic heterocycles. The van der Waals surface area contributed by atoms with E-state index in [9.17, 15) is 13.2 Å². The highest BCUT2D eigenvalue weighted by Crippen LogP contribution is 2.19. The third kappa shape index (κ3) is 4.50. The lowest BCUT2D eigenvalue weighted by Gasteiger charge is -2.18. The molecule has 20 heavy (non-hydrogen) atoms. The summed E-state index contributed by atoms with van der Waals surface area (Å²) >= 11 is 1.54. The van der Waals surface area contributed by atoms with Crippen molar-refractivity contribution in [3.05, 3.63) is 24.3 Å². The molecule has 0 aliphatic heterocycles. The molecule has 0 heterocycles. The lowest BCUT2D eigenvalue weighted by atomic mass is 10.4. The van der Waals surface area contributed by atoms with Crippen molar-refractivity contribution in [1.29, 1.82) is 0 Å². The van der Waals surface area contributed by atoms with E-state index in [0.29, 0.717) is 0 Å². The molecule has 0 saturated carbocycles. The molecule has 0 fully saturated rings. The second kappa shape index (κ2) is 7.10. The van der Waals surface area contributed by atoms with Crippen LogP contribution in [0.5, 0.6) is 0 Å².